The van der Waals surface area contributed by atoms with Crippen LogP contribution in [0.1, 0.15) is 145 Å². The van der Waals surface area contributed by atoms with Crippen molar-refractivity contribution < 1.29 is 0 Å². The van der Waals surface area contributed by atoms with Gasteiger partial charge in [0.25, 0.3) is 0 Å². The average Bonchev–Trinajstić information content (AvgIpc) is 3.96. The Labute approximate surface area is 390 Å². The van der Waals surface area contributed by atoms with E-state index in [9.17, 15) is 0 Å². The molecule has 0 spiro atoms. The summed E-state index contributed by atoms with van der Waals surface area (Å²) in [6.07, 6.45) is 17.3. The van der Waals surface area contributed by atoms with Crippen LogP contribution in [-0.4, -0.2) is 4.57 Å². The zero-order chi connectivity index (χ0) is 44.1. The van der Waals surface area contributed by atoms with Crippen LogP contribution in [-0.2, 0) is 5.41 Å². The molecule has 4 fully saturated rings. The molecule has 0 bridgehead atoms. The molecule has 4 saturated carbocycles. The fourth-order valence-corrected chi connectivity index (χ4v) is 16.7. The van der Waals surface area contributed by atoms with Crippen molar-refractivity contribution in [1.82, 2.24) is 4.57 Å². The molecule has 9 atom stereocenters. The second-order valence-electron chi connectivity index (χ2n) is 23.0. The Morgan fingerprint density at radius 3 is 1.98 bits per heavy atom. The summed E-state index contributed by atoms with van der Waals surface area (Å²) in [6, 6.07) is 55.7. The monoisotopic (exact) mass is 854 g/mol. The fraction of sp³-hybridized carbons (Fsp3) is 0.438. The minimum atomic E-state index is -0.411. The van der Waals surface area contributed by atoms with Crippen molar-refractivity contribution in [1.29, 1.82) is 0 Å². The average molecular weight is 854 g/mol. The molecule has 0 saturated heterocycles. The molecule has 4 unspecified atom stereocenters. The molecule has 5 aliphatic rings. The molecule has 0 aliphatic heterocycles. The Morgan fingerprint density at radius 2 is 1.23 bits per heavy atom. The lowest BCUT2D eigenvalue weighted by molar-refractivity contribution is -0.117. The maximum Gasteiger partial charge on any atom is 0.0713 e. The Bertz CT molecular complexity index is 2810. The summed E-state index contributed by atoms with van der Waals surface area (Å²) < 4.78 is 2.55. The molecule has 0 amide bonds. The molecule has 1 nitrogen and oxygen atoms in total. The van der Waals surface area contributed by atoms with Gasteiger partial charge in [0, 0.05) is 16.5 Å². The van der Waals surface area contributed by atoms with Crippen LogP contribution in [0.25, 0.3) is 38.6 Å². The molecular formula is C64H71N. The maximum atomic E-state index is 2.78. The van der Waals surface area contributed by atoms with Crippen LogP contribution >= 0.6 is 0 Å². The van der Waals surface area contributed by atoms with Gasteiger partial charge in [0.15, 0.2) is 0 Å². The highest BCUT2D eigenvalue weighted by Gasteiger charge is 2.60. The van der Waals surface area contributed by atoms with Crippen LogP contribution < -0.4 is 0 Å². The molecule has 5 aliphatic carbocycles. The number of nitrogens with zero attached hydrogens (tertiary/aromatic N) is 1. The summed E-state index contributed by atoms with van der Waals surface area (Å²) in [4.78, 5) is 0. The Balaban J connectivity index is 0.845. The first-order chi connectivity index (χ1) is 31.7. The molecule has 0 N–H and O–H groups in total. The third kappa shape index (κ3) is 6.29. The lowest BCUT2D eigenvalue weighted by Crippen LogP contribution is -2.53. The SMILES string of the molecule is CC(C)CCC[C@@H](C)[C@H]1CCC2[C@@H]3CCC4CC(c5ccc(-n6c7ccccc7c7cc8c(cc76)-c6ccccc6C8(c6ccccc6)c6ccccc6)cc5)CC[C@]4(C)C3CC[C@@]21C. The van der Waals surface area contributed by atoms with Gasteiger partial charge in [-0.2, -0.15) is 0 Å². The molecule has 1 heterocycles. The molecule has 332 valence electrons. The first-order valence-electron chi connectivity index (χ1n) is 26.1. The maximum absolute atomic E-state index is 2.78. The molecule has 1 aromatic heterocycles. The van der Waals surface area contributed by atoms with Gasteiger partial charge in [0.2, 0.25) is 0 Å². The third-order valence-electron chi connectivity index (χ3n) is 19.7. The third-order valence-corrected chi connectivity index (χ3v) is 19.7. The number of benzene rings is 6. The zero-order valence-electron chi connectivity index (χ0n) is 39.9. The Kier molecular flexibility index (Phi) is 10.2. The lowest BCUT2D eigenvalue weighted by atomic mass is 9.43. The van der Waals surface area contributed by atoms with Crippen LogP contribution in [0.2, 0.25) is 0 Å². The molecule has 6 aromatic carbocycles. The predicted octanol–water partition coefficient (Wildman–Crippen LogP) is 17.4. The van der Waals surface area contributed by atoms with Crippen LogP contribution in [0.15, 0.2) is 146 Å². The number of rotatable bonds is 9. The highest BCUT2D eigenvalue weighted by Crippen LogP contribution is 2.69. The van der Waals surface area contributed by atoms with Crippen LogP contribution in [0.4, 0.5) is 0 Å². The summed E-state index contributed by atoms with van der Waals surface area (Å²) >= 11 is 0. The zero-order valence-corrected chi connectivity index (χ0v) is 39.9. The van der Waals surface area contributed by atoms with Crippen molar-refractivity contribution in [2.45, 2.75) is 123 Å². The van der Waals surface area contributed by atoms with E-state index in [2.05, 4.69) is 185 Å². The molecule has 1 heteroatoms. The normalized spacial score (nSPS) is 29.3. The lowest BCUT2D eigenvalue weighted by Gasteiger charge is -2.61. The smallest absolute Gasteiger partial charge is 0.0713 e. The van der Waals surface area contributed by atoms with Crippen LogP contribution in [0, 0.1) is 52.3 Å². The van der Waals surface area contributed by atoms with Gasteiger partial charge in [-0.15, -0.1) is 0 Å². The summed E-state index contributed by atoms with van der Waals surface area (Å²) in [7, 11) is 0. The van der Waals surface area contributed by atoms with E-state index < -0.39 is 5.41 Å². The molecular weight excluding hydrogens is 783 g/mol. The predicted molar refractivity (Wildman–Crippen MR) is 274 cm³/mol. The van der Waals surface area contributed by atoms with E-state index in [1.807, 2.05) is 0 Å². The quantitative estimate of drug-likeness (QED) is 0.136. The van der Waals surface area contributed by atoms with Gasteiger partial charge in [-0.05, 0) is 185 Å². The van der Waals surface area contributed by atoms with Crippen LogP contribution in [0.3, 0.4) is 0 Å². The Hall–Kier alpha value is -4.88. The second-order valence-corrected chi connectivity index (χ2v) is 23.0. The summed E-state index contributed by atoms with van der Waals surface area (Å²) in [6.45, 7) is 13.0. The van der Waals surface area contributed by atoms with Gasteiger partial charge in [-0.25, -0.2) is 0 Å². The summed E-state index contributed by atoms with van der Waals surface area (Å²) in [5, 5.41) is 2.64. The number of para-hydroxylation sites is 1. The highest BCUT2D eigenvalue weighted by molar-refractivity contribution is 6.11. The van der Waals surface area contributed by atoms with E-state index in [0.29, 0.717) is 16.7 Å². The minimum absolute atomic E-state index is 0.411. The van der Waals surface area contributed by atoms with E-state index in [1.165, 1.54) is 138 Å². The molecule has 12 rings (SSSR count). The standard InChI is InChI=1S/C64H71N/c1-42(2)17-16-18-43(3)55-33-34-56-52-32-29-48-39-45(35-37-62(48,4)57(52)36-38-63(55,56)5)44-27-30-49(31-28-44)65-60-26-15-13-24-51(60)54-40-59-53(41-61(54)65)50-23-12-14-25-58(50)64(59,46-19-8-6-9-20-46)47-21-10-7-11-22-47/h6-15,19-28,30-31,40-43,45,48,52,55-57H,16-18,29,32-39H2,1-5H3/t43-,45?,48?,52+,55-,56?,57?,62+,63-/m1/s1. The summed E-state index contributed by atoms with van der Waals surface area (Å²) in [5.41, 5.74) is 14.1. The van der Waals surface area contributed by atoms with Crippen molar-refractivity contribution in [2.24, 2.45) is 52.3 Å². The van der Waals surface area contributed by atoms with E-state index in [4.69, 9.17) is 0 Å². The van der Waals surface area contributed by atoms with Gasteiger partial charge in [0.05, 0.1) is 16.4 Å². The summed E-state index contributed by atoms with van der Waals surface area (Å²) in [5.74, 6) is 7.07. The van der Waals surface area contributed by atoms with E-state index in [1.54, 1.807) is 5.56 Å². The van der Waals surface area contributed by atoms with Crippen molar-refractivity contribution in [3.8, 4) is 16.8 Å². The van der Waals surface area contributed by atoms with Crippen molar-refractivity contribution in [2.75, 3.05) is 0 Å². The van der Waals surface area contributed by atoms with Gasteiger partial charge < -0.3 is 4.57 Å². The fourth-order valence-electron chi connectivity index (χ4n) is 16.7. The van der Waals surface area contributed by atoms with Gasteiger partial charge >= 0.3 is 0 Å². The van der Waals surface area contributed by atoms with Gasteiger partial charge in [0.1, 0.15) is 0 Å². The number of hydrogen-bond donors (Lipinski definition) is 0. The molecule has 7 aromatic rings. The topological polar surface area (TPSA) is 4.93 Å². The first-order valence-corrected chi connectivity index (χ1v) is 26.1. The van der Waals surface area contributed by atoms with Gasteiger partial charge in [-0.1, -0.05) is 169 Å². The first kappa shape index (κ1) is 41.5. The molecule has 65 heavy (non-hydrogen) atoms. The van der Waals surface area contributed by atoms with Crippen LogP contribution in [0.5, 0.6) is 0 Å². The van der Waals surface area contributed by atoms with E-state index in [-0.39, 0.29) is 0 Å². The number of fused-ring (bicyclic) bond motifs is 11. The van der Waals surface area contributed by atoms with E-state index in [0.717, 1.165) is 41.4 Å². The van der Waals surface area contributed by atoms with Crippen molar-refractivity contribution >= 4 is 21.8 Å². The minimum Gasteiger partial charge on any atom is -0.309 e. The largest absolute Gasteiger partial charge is 0.309 e. The van der Waals surface area contributed by atoms with Gasteiger partial charge in [-0.3, -0.25) is 0 Å². The van der Waals surface area contributed by atoms with E-state index >= 15 is 0 Å². The van der Waals surface area contributed by atoms with Crippen molar-refractivity contribution in [3.63, 3.8) is 0 Å². The Morgan fingerprint density at radius 1 is 0.554 bits per heavy atom. The number of hydrogen-bond acceptors (Lipinski definition) is 0. The van der Waals surface area contributed by atoms with Crippen molar-refractivity contribution in [3.05, 3.63) is 173 Å². The number of aromatic nitrogens is 1. The highest BCUT2D eigenvalue weighted by atomic mass is 15.0. The molecule has 0 radical (unpaired) electrons. The second kappa shape index (κ2) is 15.9.